The summed E-state index contributed by atoms with van der Waals surface area (Å²) in [7, 11) is 4.12. The summed E-state index contributed by atoms with van der Waals surface area (Å²) in [6.45, 7) is 2.90. The van der Waals surface area contributed by atoms with Crippen molar-refractivity contribution in [2.75, 3.05) is 14.1 Å². The molecule has 7 heteroatoms. The first-order valence-electron chi connectivity index (χ1n) is 10.3. The standard InChI is InChI=1S/C23H29N5O2/c1-4-5-20(23(29)30)21(22-24-26-27-25-22)14-16-6-10-18(11-7-16)19-12-8-17(9-13-19)15-28(2)3/h6-13,20-21H,4-5,14-15H2,1-3H3,(H,29,30)(H,24,25,26,27)/t20-,21-/m0/s1. The van der Waals surface area contributed by atoms with Crippen molar-refractivity contribution in [3.05, 3.63) is 65.5 Å². The number of rotatable bonds is 10. The van der Waals surface area contributed by atoms with Crippen molar-refractivity contribution >= 4 is 5.97 Å². The largest absolute Gasteiger partial charge is 0.481 e. The average Bonchev–Trinajstić information content (AvgIpc) is 3.26. The predicted molar refractivity (Wildman–Crippen MR) is 116 cm³/mol. The van der Waals surface area contributed by atoms with Gasteiger partial charge >= 0.3 is 5.97 Å². The van der Waals surface area contributed by atoms with Crippen molar-refractivity contribution in [1.29, 1.82) is 0 Å². The Kier molecular flexibility index (Phi) is 7.30. The maximum Gasteiger partial charge on any atom is 0.307 e. The highest BCUT2D eigenvalue weighted by atomic mass is 16.4. The highest BCUT2D eigenvalue weighted by molar-refractivity contribution is 5.71. The summed E-state index contributed by atoms with van der Waals surface area (Å²) in [5.74, 6) is -1.23. The van der Waals surface area contributed by atoms with E-state index in [1.807, 2.05) is 6.92 Å². The van der Waals surface area contributed by atoms with Crippen LogP contribution in [0.15, 0.2) is 48.5 Å². The van der Waals surface area contributed by atoms with E-state index in [1.54, 1.807) is 0 Å². The van der Waals surface area contributed by atoms with Gasteiger partial charge in [0.15, 0.2) is 5.82 Å². The summed E-state index contributed by atoms with van der Waals surface area (Å²) in [4.78, 5) is 14.0. The second-order valence-corrected chi connectivity index (χ2v) is 7.95. The van der Waals surface area contributed by atoms with Crippen LogP contribution in [0.25, 0.3) is 11.1 Å². The number of aliphatic carboxylic acids is 1. The first-order chi connectivity index (χ1) is 14.5. The number of H-pyrrole nitrogens is 1. The zero-order valence-corrected chi connectivity index (χ0v) is 17.7. The minimum absolute atomic E-state index is 0.322. The van der Waals surface area contributed by atoms with Gasteiger partial charge in [-0.1, -0.05) is 67.1 Å². The average molecular weight is 408 g/mol. The van der Waals surface area contributed by atoms with E-state index < -0.39 is 11.9 Å². The molecular weight excluding hydrogens is 378 g/mol. The lowest BCUT2D eigenvalue weighted by Crippen LogP contribution is -2.25. The van der Waals surface area contributed by atoms with Gasteiger partial charge in [0.2, 0.25) is 0 Å². The van der Waals surface area contributed by atoms with Crippen LogP contribution in [0.1, 0.15) is 42.6 Å². The van der Waals surface area contributed by atoms with Crippen LogP contribution in [0, 0.1) is 5.92 Å². The molecule has 30 heavy (non-hydrogen) atoms. The third-order valence-corrected chi connectivity index (χ3v) is 5.29. The predicted octanol–water partition coefficient (Wildman–Crippen LogP) is 3.76. The molecule has 2 atom stereocenters. The van der Waals surface area contributed by atoms with Crippen molar-refractivity contribution in [2.24, 2.45) is 5.92 Å². The zero-order chi connectivity index (χ0) is 21.5. The smallest absolute Gasteiger partial charge is 0.307 e. The first kappa shape index (κ1) is 21.6. The molecule has 0 fully saturated rings. The zero-order valence-electron chi connectivity index (χ0n) is 17.7. The summed E-state index contributed by atoms with van der Waals surface area (Å²) in [6.07, 6.45) is 1.92. The number of nitrogens with one attached hydrogen (secondary N) is 1. The Balaban J connectivity index is 1.77. The van der Waals surface area contributed by atoms with E-state index in [-0.39, 0.29) is 5.92 Å². The van der Waals surface area contributed by atoms with Crippen molar-refractivity contribution in [1.82, 2.24) is 25.5 Å². The van der Waals surface area contributed by atoms with Crippen molar-refractivity contribution < 1.29 is 9.90 Å². The topological polar surface area (TPSA) is 95.0 Å². The second kappa shape index (κ2) is 10.1. The third kappa shape index (κ3) is 5.51. The number of nitrogens with zero attached hydrogens (tertiary/aromatic N) is 4. The van der Waals surface area contributed by atoms with Gasteiger partial charge in [-0.15, -0.1) is 10.2 Å². The molecule has 0 spiro atoms. The van der Waals surface area contributed by atoms with Crippen LogP contribution >= 0.6 is 0 Å². The highest BCUT2D eigenvalue weighted by Gasteiger charge is 2.31. The number of carbonyl (C=O) groups is 1. The first-order valence-corrected chi connectivity index (χ1v) is 10.3. The molecular formula is C23H29N5O2. The fraction of sp³-hybridized carbons (Fsp3) is 0.391. The lowest BCUT2D eigenvalue weighted by Gasteiger charge is -2.21. The summed E-state index contributed by atoms with van der Waals surface area (Å²) in [6, 6.07) is 16.9. The monoisotopic (exact) mass is 407 g/mol. The van der Waals surface area contributed by atoms with Gasteiger partial charge in [-0.05, 0) is 49.2 Å². The number of carboxylic acid groups (broad SMARTS) is 1. The molecule has 0 aliphatic rings. The van der Waals surface area contributed by atoms with Crippen molar-refractivity contribution in [3.63, 3.8) is 0 Å². The van der Waals surface area contributed by atoms with Crippen molar-refractivity contribution in [2.45, 2.75) is 38.6 Å². The highest BCUT2D eigenvalue weighted by Crippen LogP contribution is 2.30. The Labute approximate surface area is 177 Å². The molecule has 1 heterocycles. The lowest BCUT2D eigenvalue weighted by molar-refractivity contribution is -0.142. The number of hydrogen-bond acceptors (Lipinski definition) is 5. The Morgan fingerprint density at radius 2 is 1.63 bits per heavy atom. The van der Waals surface area contributed by atoms with E-state index in [4.69, 9.17) is 0 Å². The van der Waals surface area contributed by atoms with Gasteiger partial charge in [-0.3, -0.25) is 4.79 Å². The van der Waals surface area contributed by atoms with Crippen LogP contribution in [-0.4, -0.2) is 50.7 Å². The van der Waals surface area contributed by atoms with Gasteiger partial charge in [0.05, 0.1) is 5.92 Å². The van der Waals surface area contributed by atoms with Crippen LogP contribution in [-0.2, 0) is 17.8 Å². The van der Waals surface area contributed by atoms with E-state index in [0.717, 1.165) is 29.7 Å². The number of aromatic nitrogens is 4. The molecule has 0 radical (unpaired) electrons. The normalized spacial score (nSPS) is 13.3. The Hall–Kier alpha value is -3.06. The van der Waals surface area contributed by atoms with Gasteiger partial charge in [-0.25, -0.2) is 0 Å². The molecule has 0 aliphatic heterocycles. The van der Waals surface area contributed by atoms with Crippen LogP contribution < -0.4 is 0 Å². The molecule has 0 saturated carbocycles. The molecule has 0 bridgehead atoms. The van der Waals surface area contributed by atoms with Crippen LogP contribution in [0.3, 0.4) is 0 Å². The number of hydrogen-bond donors (Lipinski definition) is 2. The van der Waals surface area contributed by atoms with Gasteiger partial charge in [0.1, 0.15) is 0 Å². The second-order valence-electron chi connectivity index (χ2n) is 7.95. The molecule has 1 aromatic heterocycles. The Morgan fingerprint density at radius 3 is 2.10 bits per heavy atom. The van der Waals surface area contributed by atoms with Gasteiger partial charge < -0.3 is 10.0 Å². The quantitative estimate of drug-likeness (QED) is 0.531. The number of tetrazole rings is 1. The molecule has 0 aliphatic carbocycles. The van der Waals surface area contributed by atoms with E-state index in [1.165, 1.54) is 5.56 Å². The molecule has 2 N–H and O–H groups in total. The number of benzene rings is 2. The number of carboxylic acids is 1. The summed E-state index contributed by atoms with van der Waals surface area (Å²) in [5, 5.41) is 24.0. The lowest BCUT2D eigenvalue weighted by atomic mass is 9.83. The summed E-state index contributed by atoms with van der Waals surface area (Å²) in [5.41, 5.74) is 4.63. The summed E-state index contributed by atoms with van der Waals surface area (Å²) >= 11 is 0. The molecule has 158 valence electrons. The third-order valence-electron chi connectivity index (χ3n) is 5.29. The van der Waals surface area contributed by atoms with Crippen molar-refractivity contribution in [3.8, 4) is 11.1 Å². The molecule has 3 aromatic rings. The van der Waals surface area contributed by atoms with E-state index in [2.05, 4.69) is 88.2 Å². The van der Waals surface area contributed by atoms with Crippen LogP contribution in [0.5, 0.6) is 0 Å². The van der Waals surface area contributed by atoms with E-state index >= 15 is 0 Å². The molecule has 3 rings (SSSR count). The van der Waals surface area contributed by atoms with Gasteiger partial charge in [0, 0.05) is 12.5 Å². The Bertz CT molecular complexity index is 921. The molecule has 0 unspecified atom stereocenters. The fourth-order valence-corrected chi connectivity index (χ4v) is 3.80. The van der Waals surface area contributed by atoms with E-state index in [0.29, 0.717) is 18.7 Å². The SMILES string of the molecule is CCC[C@H](C(=O)O)[C@H](Cc1ccc(-c2ccc(CN(C)C)cc2)cc1)c1nn[nH]n1. The molecule has 2 aromatic carbocycles. The molecule has 0 amide bonds. The number of aromatic amines is 1. The van der Waals surface area contributed by atoms with Gasteiger partial charge in [0.25, 0.3) is 0 Å². The van der Waals surface area contributed by atoms with E-state index in [9.17, 15) is 9.90 Å². The van der Waals surface area contributed by atoms with Crippen LogP contribution in [0.4, 0.5) is 0 Å². The fourth-order valence-electron chi connectivity index (χ4n) is 3.80. The maximum absolute atomic E-state index is 11.9. The molecule has 7 nitrogen and oxygen atoms in total. The van der Waals surface area contributed by atoms with Crippen LogP contribution in [0.2, 0.25) is 0 Å². The maximum atomic E-state index is 11.9. The minimum Gasteiger partial charge on any atom is -0.481 e. The Morgan fingerprint density at radius 1 is 1.03 bits per heavy atom. The molecule has 0 saturated heterocycles. The minimum atomic E-state index is -0.818. The summed E-state index contributed by atoms with van der Waals surface area (Å²) < 4.78 is 0. The van der Waals surface area contributed by atoms with Gasteiger partial charge in [-0.2, -0.15) is 5.21 Å².